The first-order valence-corrected chi connectivity index (χ1v) is 6.14. The Morgan fingerprint density at radius 1 is 1.31 bits per heavy atom. The Morgan fingerprint density at radius 2 is 2.08 bits per heavy atom. The molecule has 2 rings (SSSR count). The maximum absolute atomic E-state index is 5.11. The second-order valence-corrected chi connectivity index (χ2v) is 5.18. The molecule has 1 heterocycles. The van der Waals surface area contributed by atoms with Gasteiger partial charge < -0.3 is 4.74 Å². The lowest BCUT2D eigenvalue weighted by atomic mass is 10.2. The van der Waals surface area contributed by atoms with Crippen LogP contribution in [-0.4, -0.2) is 22.8 Å². The molecule has 1 nitrogen and oxygen atoms in total. The van der Waals surface area contributed by atoms with Gasteiger partial charge in [-0.25, -0.2) is 0 Å². The van der Waals surface area contributed by atoms with Crippen LogP contribution in [-0.2, 0) is 11.4 Å². The van der Waals surface area contributed by atoms with Crippen molar-refractivity contribution >= 4 is 27.3 Å². The van der Waals surface area contributed by atoms with E-state index in [4.69, 9.17) is 4.74 Å². The molecule has 1 aliphatic rings. The average molecular weight is 211 g/mol. The molecule has 3 heteroatoms. The Morgan fingerprint density at radius 3 is 2.62 bits per heavy atom. The van der Waals surface area contributed by atoms with Crippen molar-refractivity contribution in [3.8, 4) is 5.75 Å². The van der Waals surface area contributed by atoms with Gasteiger partial charge in [0, 0.05) is 5.56 Å². The summed E-state index contributed by atoms with van der Waals surface area (Å²) in [5.74, 6) is 3.41. The van der Waals surface area contributed by atoms with Gasteiger partial charge in [0.1, 0.15) is 5.75 Å². The SMILES string of the molecule is COc1ccc(C2=[S+]CCS2)cc1. The minimum absolute atomic E-state index is 0.928. The van der Waals surface area contributed by atoms with Crippen molar-refractivity contribution in [1.82, 2.24) is 0 Å². The fourth-order valence-electron chi connectivity index (χ4n) is 1.20. The number of rotatable bonds is 2. The summed E-state index contributed by atoms with van der Waals surface area (Å²) in [5, 5.41) is 0. The van der Waals surface area contributed by atoms with Gasteiger partial charge in [-0.3, -0.25) is 0 Å². The summed E-state index contributed by atoms with van der Waals surface area (Å²) >= 11 is 3.90. The largest absolute Gasteiger partial charge is 0.497 e. The van der Waals surface area contributed by atoms with E-state index in [1.54, 1.807) is 7.11 Å². The molecule has 0 aliphatic carbocycles. The number of benzene rings is 1. The zero-order valence-electron chi connectivity index (χ0n) is 7.45. The third kappa shape index (κ3) is 2.03. The smallest absolute Gasteiger partial charge is 0.265 e. The molecule has 0 spiro atoms. The molecule has 0 N–H and O–H groups in total. The van der Waals surface area contributed by atoms with Gasteiger partial charge in [-0.05, 0) is 24.3 Å². The van der Waals surface area contributed by atoms with Crippen molar-refractivity contribution in [1.29, 1.82) is 0 Å². The minimum atomic E-state index is 0.928. The quantitative estimate of drug-likeness (QED) is 0.546. The van der Waals surface area contributed by atoms with Crippen LogP contribution in [0.1, 0.15) is 5.56 Å². The number of hydrogen-bond acceptors (Lipinski definition) is 2. The average Bonchev–Trinajstić information content (AvgIpc) is 2.71. The van der Waals surface area contributed by atoms with Crippen LogP contribution in [0.25, 0.3) is 0 Å². The molecule has 0 unspecified atom stereocenters. The van der Waals surface area contributed by atoms with Crippen LogP contribution in [0.15, 0.2) is 24.3 Å². The maximum atomic E-state index is 5.11. The highest BCUT2D eigenvalue weighted by molar-refractivity contribution is 8.25. The van der Waals surface area contributed by atoms with Crippen molar-refractivity contribution in [3.63, 3.8) is 0 Å². The molecule has 68 valence electrons. The molecule has 0 aromatic heterocycles. The standard InChI is InChI=1S/C10H11OS2/c1-11-9-4-2-8(3-5-9)10-12-6-7-13-10/h2-5H,6-7H2,1H3/q+1. The Balaban J connectivity index is 2.22. The second-order valence-electron chi connectivity index (χ2n) is 2.71. The van der Waals surface area contributed by atoms with Crippen molar-refractivity contribution in [2.75, 3.05) is 18.6 Å². The monoisotopic (exact) mass is 211 g/mol. The number of methoxy groups -OCH3 is 1. The summed E-state index contributed by atoms with van der Waals surface area (Å²) in [6.07, 6.45) is 0. The van der Waals surface area contributed by atoms with E-state index in [0.29, 0.717) is 0 Å². The lowest BCUT2D eigenvalue weighted by Gasteiger charge is -1.98. The van der Waals surface area contributed by atoms with Crippen LogP contribution in [0.3, 0.4) is 0 Å². The van der Waals surface area contributed by atoms with Gasteiger partial charge in [0.25, 0.3) is 4.20 Å². The zero-order chi connectivity index (χ0) is 9.10. The molecule has 0 fully saturated rings. The van der Waals surface area contributed by atoms with Crippen LogP contribution in [0.4, 0.5) is 0 Å². The number of hydrogen-bond donors (Lipinski definition) is 0. The molecule has 0 radical (unpaired) electrons. The topological polar surface area (TPSA) is 9.23 Å². The molecular formula is C10H11OS2+. The summed E-state index contributed by atoms with van der Waals surface area (Å²) in [5.41, 5.74) is 1.33. The van der Waals surface area contributed by atoms with Crippen LogP contribution in [0.5, 0.6) is 5.75 Å². The Bertz CT molecular complexity index is 316. The molecular weight excluding hydrogens is 200 g/mol. The number of thioether (sulfide) groups is 1. The molecule has 1 aliphatic heterocycles. The van der Waals surface area contributed by atoms with Gasteiger partial charge in [-0.1, -0.05) is 11.8 Å². The van der Waals surface area contributed by atoms with E-state index in [1.165, 1.54) is 21.3 Å². The summed E-state index contributed by atoms with van der Waals surface area (Å²) in [7, 11) is 1.70. The van der Waals surface area contributed by atoms with Crippen molar-refractivity contribution in [3.05, 3.63) is 29.8 Å². The first kappa shape index (κ1) is 9.03. The highest BCUT2D eigenvalue weighted by atomic mass is 32.2. The lowest BCUT2D eigenvalue weighted by molar-refractivity contribution is 0.415. The molecule has 0 atom stereocenters. The molecule has 0 saturated heterocycles. The normalized spacial score (nSPS) is 15.6. The van der Waals surface area contributed by atoms with Crippen LogP contribution >= 0.6 is 11.8 Å². The molecule has 0 saturated carbocycles. The van der Waals surface area contributed by atoms with E-state index >= 15 is 0 Å². The third-order valence-corrected chi connectivity index (χ3v) is 4.65. The fourth-order valence-corrected chi connectivity index (χ4v) is 3.68. The molecule has 1 aromatic carbocycles. The van der Waals surface area contributed by atoms with Gasteiger partial charge in [-0.2, -0.15) is 0 Å². The predicted octanol–water partition coefficient (Wildman–Crippen LogP) is 2.00. The van der Waals surface area contributed by atoms with Gasteiger partial charge in [-0.15, -0.1) is 0 Å². The van der Waals surface area contributed by atoms with Crippen LogP contribution in [0.2, 0.25) is 0 Å². The van der Waals surface area contributed by atoms with Crippen molar-refractivity contribution in [2.45, 2.75) is 0 Å². The highest BCUT2D eigenvalue weighted by Crippen LogP contribution is 2.19. The minimum Gasteiger partial charge on any atom is -0.497 e. The molecule has 0 bridgehead atoms. The van der Waals surface area contributed by atoms with E-state index in [9.17, 15) is 0 Å². The van der Waals surface area contributed by atoms with Crippen LogP contribution in [0, 0.1) is 0 Å². The van der Waals surface area contributed by atoms with E-state index < -0.39 is 0 Å². The fraction of sp³-hybridized carbons (Fsp3) is 0.300. The van der Waals surface area contributed by atoms with E-state index in [-0.39, 0.29) is 0 Å². The summed E-state index contributed by atoms with van der Waals surface area (Å²) in [6, 6.07) is 8.28. The van der Waals surface area contributed by atoms with Gasteiger partial charge in [0.2, 0.25) is 0 Å². The van der Waals surface area contributed by atoms with E-state index in [0.717, 1.165) is 5.75 Å². The lowest BCUT2D eigenvalue weighted by Crippen LogP contribution is -1.92. The maximum Gasteiger partial charge on any atom is 0.265 e. The highest BCUT2D eigenvalue weighted by Gasteiger charge is 2.20. The molecule has 1 aromatic rings. The van der Waals surface area contributed by atoms with Gasteiger partial charge >= 0.3 is 0 Å². The van der Waals surface area contributed by atoms with Gasteiger partial charge in [0.15, 0.2) is 17.1 Å². The first-order chi connectivity index (χ1) is 6.40. The van der Waals surface area contributed by atoms with Crippen molar-refractivity contribution in [2.24, 2.45) is 0 Å². The number of ether oxygens (including phenoxy) is 1. The molecule has 0 amide bonds. The predicted molar refractivity (Wildman–Crippen MR) is 61.8 cm³/mol. The zero-order valence-corrected chi connectivity index (χ0v) is 9.08. The Kier molecular flexibility index (Phi) is 2.86. The Hall–Kier alpha value is -0.540. The third-order valence-electron chi connectivity index (χ3n) is 1.88. The van der Waals surface area contributed by atoms with E-state index in [1.807, 2.05) is 35.2 Å². The van der Waals surface area contributed by atoms with Crippen molar-refractivity contribution < 1.29 is 4.74 Å². The second kappa shape index (κ2) is 4.11. The summed E-state index contributed by atoms with van der Waals surface area (Å²) in [4.78, 5) is 0. The first-order valence-electron chi connectivity index (χ1n) is 4.17. The summed E-state index contributed by atoms with van der Waals surface area (Å²) in [6.45, 7) is 0. The molecule has 13 heavy (non-hydrogen) atoms. The van der Waals surface area contributed by atoms with Crippen LogP contribution < -0.4 is 4.74 Å². The Labute approximate surface area is 86.4 Å². The van der Waals surface area contributed by atoms with E-state index in [2.05, 4.69) is 12.1 Å². The summed E-state index contributed by atoms with van der Waals surface area (Å²) < 4.78 is 6.56. The van der Waals surface area contributed by atoms with Gasteiger partial charge in [0.05, 0.1) is 12.9 Å².